The fourth-order valence-electron chi connectivity index (χ4n) is 3.00. The molecule has 0 atom stereocenters. The van der Waals surface area contributed by atoms with Crippen molar-refractivity contribution >= 4 is 45.0 Å². The topological polar surface area (TPSA) is 78.5 Å². The van der Waals surface area contributed by atoms with Crippen LogP contribution in [-0.2, 0) is 15.8 Å². The molecular formula is C20H17BrF3N3O3. The maximum Gasteiger partial charge on any atom is 0.417 e. The summed E-state index contributed by atoms with van der Waals surface area (Å²) in [5.74, 6) is -1.15. The minimum Gasteiger partial charge on any atom is -0.343 e. The molecule has 1 aliphatic rings. The summed E-state index contributed by atoms with van der Waals surface area (Å²) in [5, 5.41) is 4.73. The average Bonchev–Trinajstić information content (AvgIpc) is 3.13. The van der Waals surface area contributed by atoms with Gasteiger partial charge in [0.1, 0.15) is 0 Å². The minimum atomic E-state index is -4.57. The van der Waals surface area contributed by atoms with Crippen molar-refractivity contribution in [1.82, 2.24) is 5.32 Å². The molecule has 3 rings (SSSR count). The van der Waals surface area contributed by atoms with E-state index < -0.39 is 30.1 Å². The Labute approximate surface area is 178 Å². The van der Waals surface area contributed by atoms with Crippen LogP contribution in [0.3, 0.4) is 0 Å². The Bertz CT molecular complexity index is 977. The summed E-state index contributed by atoms with van der Waals surface area (Å²) in [7, 11) is 0. The number of hydrogen-bond donors (Lipinski definition) is 2. The molecule has 1 heterocycles. The molecule has 1 fully saturated rings. The molecule has 0 bridgehead atoms. The number of anilines is 2. The Morgan fingerprint density at radius 1 is 1.10 bits per heavy atom. The van der Waals surface area contributed by atoms with Crippen molar-refractivity contribution in [3.63, 3.8) is 0 Å². The van der Waals surface area contributed by atoms with Crippen molar-refractivity contribution in [2.75, 3.05) is 23.3 Å². The van der Waals surface area contributed by atoms with Crippen LogP contribution in [0, 0.1) is 0 Å². The highest BCUT2D eigenvalue weighted by atomic mass is 79.9. The second-order valence-corrected chi connectivity index (χ2v) is 7.47. The molecule has 30 heavy (non-hydrogen) atoms. The molecule has 2 N–H and O–H groups in total. The van der Waals surface area contributed by atoms with Gasteiger partial charge in [0.05, 0.1) is 12.1 Å². The van der Waals surface area contributed by atoms with Gasteiger partial charge in [-0.05, 0) is 48.9 Å². The highest BCUT2D eigenvalue weighted by Crippen LogP contribution is 2.36. The predicted molar refractivity (Wildman–Crippen MR) is 108 cm³/mol. The molecule has 1 saturated heterocycles. The third kappa shape index (κ3) is 5.18. The van der Waals surface area contributed by atoms with Crippen molar-refractivity contribution in [1.29, 1.82) is 0 Å². The lowest BCUT2D eigenvalue weighted by Gasteiger charge is -2.15. The summed E-state index contributed by atoms with van der Waals surface area (Å²) < 4.78 is 38.7. The largest absolute Gasteiger partial charge is 0.417 e. The standard InChI is InChI=1S/C20H17BrF3N3O3/c21-16-8-5-13(10-15(16)20(22,23)24)26-17(28)11-25-19(30)12-3-6-14(7-4-12)27-9-1-2-18(27)29/h3-8,10H,1-2,9,11H2,(H,25,30)(H,26,28). The SMILES string of the molecule is O=C(CNC(=O)c1ccc(N2CCCC2=O)cc1)Nc1ccc(Br)c(C(F)(F)F)c1. The zero-order chi connectivity index (χ0) is 21.9. The molecule has 2 aromatic rings. The Balaban J connectivity index is 1.56. The van der Waals surface area contributed by atoms with Crippen LogP contribution >= 0.6 is 15.9 Å². The monoisotopic (exact) mass is 483 g/mol. The molecule has 0 saturated carbocycles. The summed E-state index contributed by atoms with van der Waals surface area (Å²) in [6.45, 7) is 0.221. The van der Waals surface area contributed by atoms with E-state index in [2.05, 4.69) is 26.6 Å². The number of hydrogen-bond acceptors (Lipinski definition) is 3. The summed E-state index contributed by atoms with van der Waals surface area (Å²) in [4.78, 5) is 37.6. The Morgan fingerprint density at radius 3 is 2.40 bits per heavy atom. The molecule has 10 heteroatoms. The second-order valence-electron chi connectivity index (χ2n) is 6.62. The van der Waals surface area contributed by atoms with Gasteiger partial charge >= 0.3 is 6.18 Å². The van der Waals surface area contributed by atoms with Crippen LogP contribution in [0.4, 0.5) is 24.5 Å². The van der Waals surface area contributed by atoms with Gasteiger partial charge in [-0.2, -0.15) is 13.2 Å². The average molecular weight is 484 g/mol. The van der Waals surface area contributed by atoms with Crippen molar-refractivity contribution in [3.8, 4) is 0 Å². The molecule has 0 spiro atoms. The first kappa shape index (κ1) is 21.8. The highest BCUT2D eigenvalue weighted by Gasteiger charge is 2.33. The van der Waals surface area contributed by atoms with Crippen molar-refractivity contribution < 1.29 is 27.6 Å². The van der Waals surface area contributed by atoms with E-state index in [0.29, 0.717) is 24.2 Å². The third-order valence-corrected chi connectivity index (χ3v) is 5.17. The molecule has 158 valence electrons. The van der Waals surface area contributed by atoms with Crippen LogP contribution in [0.15, 0.2) is 46.9 Å². The van der Waals surface area contributed by atoms with Gasteiger partial charge in [0.25, 0.3) is 5.91 Å². The van der Waals surface area contributed by atoms with Crippen molar-refractivity contribution in [2.45, 2.75) is 19.0 Å². The van der Waals surface area contributed by atoms with E-state index in [4.69, 9.17) is 0 Å². The number of alkyl halides is 3. The number of carbonyl (C=O) groups excluding carboxylic acids is 3. The third-order valence-electron chi connectivity index (χ3n) is 4.48. The molecule has 0 radical (unpaired) electrons. The number of benzene rings is 2. The van der Waals surface area contributed by atoms with Gasteiger partial charge in [-0.3, -0.25) is 14.4 Å². The van der Waals surface area contributed by atoms with Crippen molar-refractivity contribution in [2.24, 2.45) is 0 Å². The van der Waals surface area contributed by atoms with E-state index in [1.807, 2.05) is 0 Å². The second kappa shape index (κ2) is 8.86. The first-order valence-corrected chi connectivity index (χ1v) is 9.79. The number of nitrogens with one attached hydrogen (secondary N) is 2. The fraction of sp³-hybridized carbons (Fsp3) is 0.250. The van der Waals surface area contributed by atoms with Crippen LogP contribution in [0.25, 0.3) is 0 Å². The van der Waals surface area contributed by atoms with Gasteiger partial charge in [0, 0.05) is 34.4 Å². The highest BCUT2D eigenvalue weighted by molar-refractivity contribution is 9.10. The van der Waals surface area contributed by atoms with Crippen LogP contribution in [-0.4, -0.2) is 30.8 Å². The first-order valence-electron chi connectivity index (χ1n) is 9.00. The van der Waals surface area contributed by atoms with Crippen LogP contribution in [0.1, 0.15) is 28.8 Å². The van der Waals surface area contributed by atoms with E-state index in [1.165, 1.54) is 12.1 Å². The van der Waals surface area contributed by atoms with Crippen LogP contribution in [0.2, 0.25) is 0 Å². The molecular weight excluding hydrogens is 467 g/mol. The Kier molecular flexibility index (Phi) is 6.45. The summed E-state index contributed by atoms with van der Waals surface area (Å²) in [6, 6.07) is 9.69. The summed E-state index contributed by atoms with van der Waals surface area (Å²) in [5.41, 5.74) is 0.0361. The van der Waals surface area contributed by atoms with Crippen molar-refractivity contribution in [3.05, 3.63) is 58.1 Å². The fourth-order valence-corrected chi connectivity index (χ4v) is 3.47. The molecule has 6 nitrogen and oxygen atoms in total. The van der Waals surface area contributed by atoms with Gasteiger partial charge < -0.3 is 15.5 Å². The summed E-state index contributed by atoms with van der Waals surface area (Å²) in [6.07, 6.45) is -3.28. The quantitative estimate of drug-likeness (QED) is 0.675. The lowest BCUT2D eigenvalue weighted by molar-refractivity contribution is -0.138. The van der Waals surface area contributed by atoms with E-state index in [1.54, 1.807) is 29.2 Å². The first-order chi connectivity index (χ1) is 14.1. The van der Waals surface area contributed by atoms with Gasteiger partial charge in [0.2, 0.25) is 11.8 Å². The van der Waals surface area contributed by atoms with E-state index >= 15 is 0 Å². The van der Waals surface area contributed by atoms with Crippen LogP contribution in [0.5, 0.6) is 0 Å². The maximum atomic E-state index is 12.9. The lowest BCUT2D eigenvalue weighted by Crippen LogP contribution is -2.33. The zero-order valence-electron chi connectivity index (χ0n) is 15.6. The Hall–Kier alpha value is -2.88. The molecule has 1 aliphatic heterocycles. The van der Waals surface area contributed by atoms with E-state index in [9.17, 15) is 27.6 Å². The number of rotatable bonds is 5. The molecule has 0 aromatic heterocycles. The van der Waals surface area contributed by atoms with Crippen LogP contribution < -0.4 is 15.5 Å². The lowest BCUT2D eigenvalue weighted by atomic mass is 10.2. The summed E-state index contributed by atoms with van der Waals surface area (Å²) >= 11 is 2.83. The normalized spacial score (nSPS) is 14.0. The number of amides is 3. The molecule has 0 unspecified atom stereocenters. The number of carbonyl (C=O) groups is 3. The molecule has 0 aliphatic carbocycles. The predicted octanol–water partition coefficient (Wildman–Crippen LogP) is 3.96. The Morgan fingerprint density at radius 2 is 1.80 bits per heavy atom. The molecule has 2 aromatic carbocycles. The van der Waals surface area contributed by atoms with Gasteiger partial charge in [0.15, 0.2) is 0 Å². The van der Waals surface area contributed by atoms with Gasteiger partial charge in [-0.1, -0.05) is 15.9 Å². The van der Waals surface area contributed by atoms with Gasteiger partial charge in [-0.15, -0.1) is 0 Å². The number of nitrogens with zero attached hydrogens (tertiary/aromatic N) is 1. The minimum absolute atomic E-state index is 0.0329. The maximum absolute atomic E-state index is 12.9. The molecule has 3 amide bonds. The smallest absolute Gasteiger partial charge is 0.343 e. The van der Waals surface area contributed by atoms with Gasteiger partial charge in [-0.25, -0.2) is 0 Å². The van der Waals surface area contributed by atoms with E-state index in [-0.39, 0.29) is 16.1 Å². The van der Waals surface area contributed by atoms with E-state index in [0.717, 1.165) is 12.5 Å². The number of halogens is 4. The zero-order valence-corrected chi connectivity index (χ0v) is 17.1.